The molecule has 190 valence electrons. The van der Waals surface area contributed by atoms with Crippen LogP contribution in [-0.2, 0) is 21.2 Å². The summed E-state index contributed by atoms with van der Waals surface area (Å²) in [7, 11) is 0.458. The largest absolute Gasteiger partial charge is 0.309 e. The monoisotopic (exact) mass is 554 g/mol. The zero-order valence-corrected chi connectivity index (χ0v) is 23.4. The van der Waals surface area contributed by atoms with Crippen molar-refractivity contribution in [3.63, 3.8) is 0 Å². The predicted molar refractivity (Wildman–Crippen MR) is 145 cm³/mol. The third kappa shape index (κ3) is 6.06. The summed E-state index contributed by atoms with van der Waals surface area (Å²) in [5.74, 6) is -0.194. The zero-order chi connectivity index (χ0) is 25.2. The van der Waals surface area contributed by atoms with Crippen molar-refractivity contribution in [3.05, 3.63) is 40.2 Å². The van der Waals surface area contributed by atoms with Crippen LogP contribution in [0.25, 0.3) is 10.2 Å². The van der Waals surface area contributed by atoms with E-state index in [1.54, 1.807) is 23.5 Å². The van der Waals surface area contributed by atoms with E-state index in [2.05, 4.69) is 24.0 Å². The Balaban J connectivity index is 1.50. The van der Waals surface area contributed by atoms with Gasteiger partial charge in [0.15, 0.2) is 5.13 Å². The first-order valence-electron chi connectivity index (χ1n) is 11.8. The van der Waals surface area contributed by atoms with E-state index in [-0.39, 0.29) is 16.0 Å². The molecule has 3 heterocycles. The highest BCUT2D eigenvalue weighted by atomic mass is 35.5. The number of hydrogen-bond acceptors (Lipinski definition) is 7. The SMILES string of the molecule is CCc1ccc2nc(N(CCCN(C)C)C(=O)C3CCN(S(=O)(=O)c4ccc(Cl)s4)CC3)sc2c1. The molecule has 1 aliphatic rings. The van der Waals surface area contributed by atoms with Crippen molar-refractivity contribution in [3.8, 4) is 0 Å². The number of hydrogen-bond donors (Lipinski definition) is 0. The normalized spacial score (nSPS) is 15.8. The average molecular weight is 555 g/mol. The molecule has 1 saturated heterocycles. The Morgan fingerprint density at radius 2 is 1.89 bits per heavy atom. The van der Waals surface area contributed by atoms with E-state index < -0.39 is 10.0 Å². The number of benzene rings is 1. The Labute approximate surface area is 220 Å². The summed E-state index contributed by atoms with van der Waals surface area (Å²) in [5, 5.41) is 0.722. The summed E-state index contributed by atoms with van der Waals surface area (Å²) >= 11 is 8.56. The van der Waals surface area contributed by atoms with Gasteiger partial charge in [-0.15, -0.1) is 11.3 Å². The van der Waals surface area contributed by atoms with Crippen LogP contribution in [0.4, 0.5) is 5.13 Å². The van der Waals surface area contributed by atoms with Gasteiger partial charge in [-0.3, -0.25) is 9.69 Å². The fraction of sp³-hybridized carbons (Fsp3) is 0.500. The maximum Gasteiger partial charge on any atom is 0.252 e. The summed E-state index contributed by atoms with van der Waals surface area (Å²) in [4.78, 5) is 22.4. The molecule has 0 spiro atoms. The molecule has 0 unspecified atom stereocenters. The van der Waals surface area contributed by atoms with Gasteiger partial charge in [-0.2, -0.15) is 4.31 Å². The number of fused-ring (bicyclic) bond motifs is 1. The van der Waals surface area contributed by atoms with E-state index >= 15 is 0 Å². The van der Waals surface area contributed by atoms with Crippen molar-refractivity contribution >= 4 is 65.6 Å². The van der Waals surface area contributed by atoms with Gasteiger partial charge in [-0.05, 0) is 76.2 Å². The van der Waals surface area contributed by atoms with Crippen LogP contribution >= 0.6 is 34.3 Å². The molecule has 3 aromatic rings. The van der Waals surface area contributed by atoms with E-state index in [1.807, 2.05) is 25.1 Å². The highest BCUT2D eigenvalue weighted by Crippen LogP contribution is 2.34. The molecule has 0 bridgehead atoms. The maximum atomic E-state index is 13.7. The summed E-state index contributed by atoms with van der Waals surface area (Å²) in [6.07, 6.45) is 2.77. The predicted octanol–water partition coefficient (Wildman–Crippen LogP) is 4.96. The number of aromatic nitrogens is 1. The van der Waals surface area contributed by atoms with E-state index in [0.717, 1.165) is 46.1 Å². The number of amides is 1. The molecule has 35 heavy (non-hydrogen) atoms. The maximum absolute atomic E-state index is 13.7. The number of carbonyl (C=O) groups excluding carboxylic acids is 1. The van der Waals surface area contributed by atoms with Crippen LogP contribution in [0.1, 0.15) is 31.7 Å². The van der Waals surface area contributed by atoms with E-state index in [1.165, 1.54) is 9.87 Å². The van der Waals surface area contributed by atoms with Crippen molar-refractivity contribution in [2.45, 2.75) is 36.8 Å². The first-order valence-corrected chi connectivity index (χ1v) is 15.2. The van der Waals surface area contributed by atoms with Crippen molar-refractivity contribution in [1.82, 2.24) is 14.2 Å². The van der Waals surface area contributed by atoms with Crippen LogP contribution in [0.2, 0.25) is 4.34 Å². The number of halogens is 1. The standard InChI is InChI=1S/C24H31ClN4O3S3/c1-4-17-6-7-19-20(16-17)33-24(26-19)29(13-5-12-27(2)3)23(30)18-10-14-28(15-11-18)35(31,32)22-9-8-21(25)34-22/h6-9,16,18H,4-5,10-15H2,1-3H3. The molecule has 1 aliphatic heterocycles. The first-order chi connectivity index (χ1) is 16.7. The lowest BCUT2D eigenvalue weighted by Crippen LogP contribution is -2.45. The summed E-state index contributed by atoms with van der Waals surface area (Å²) < 4.78 is 29.2. The molecule has 0 N–H and O–H groups in total. The average Bonchev–Trinajstić information content (AvgIpc) is 3.47. The quantitative estimate of drug-likeness (QED) is 0.374. The van der Waals surface area contributed by atoms with Crippen LogP contribution < -0.4 is 4.90 Å². The fourth-order valence-corrected chi connectivity index (χ4v) is 8.43. The third-order valence-corrected chi connectivity index (χ3v) is 10.9. The van der Waals surface area contributed by atoms with Crippen molar-refractivity contribution in [1.29, 1.82) is 0 Å². The van der Waals surface area contributed by atoms with Crippen LogP contribution in [-0.4, -0.2) is 68.8 Å². The second kappa shape index (κ2) is 11.2. The van der Waals surface area contributed by atoms with Crippen LogP contribution in [0.15, 0.2) is 34.5 Å². The molecule has 0 saturated carbocycles. The molecule has 0 atom stereocenters. The van der Waals surface area contributed by atoms with Crippen LogP contribution in [0.5, 0.6) is 0 Å². The molecule has 1 amide bonds. The molecular weight excluding hydrogens is 524 g/mol. The molecule has 2 aromatic heterocycles. The van der Waals surface area contributed by atoms with Gasteiger partial charge in [-0.1, -0.05) is 35.9 Å². The van der Waals surface area contributed by atoms with Gasteiger partial charge in [0.05, 0.1) is 14.6 Å². The van der Waals surface area contributed by atoms with E-state index in [0.29, 0.717) is 36.8 Å². The van der Waals surface area contributed by atoms with Gasteiger partial charge < -0.3 is 4.90 Å². The molecule has 1 aromatic carbocycles. The van der Waals surface area contributed by atoms with Gasteiger partial charge in [-0.25, -0.2) is 13.4 Å². The van der Waals surface area contributed by atoms with Crippen LogP contribution in [0, 0.1) is 5.92 Å². The van der Waals surface area contributed by atoms with Crippen molar-refractivity contribution in [2.24, 2.45) is 5.92 Å². The molecule has 1 fully saturated rings. The Morgan fingerprint density at radius 3 is 2.51 bits per heavy atom. The van der Waals surface area contributed by atoms with E-state index in [9.17, 15) is 13.2 Å². The number of anilines is 1. The minimum atomic E-state index is -3.58. The number of thiophene rings is 1. The Hall–Kier alpha value is -1.56. The molecule has 0 aliphatic carbocycles. The van der Waals surface area contributed by atoms with E-state index in [4.69, 9.17) is 16.6 Å². The molecule has 11 heteroatoms. The summed E-state index contributed by atoms with van der Waals surface area (Å²) in [6, 6.07) is 9.41. The number of thiazole rings is 1. The Morgan fingerprint density at radius 1 is 1.14 bits per heavy atom. The molecular formula is C24H31ClN4O3S3. The Bertz CT molecular complexity index is 1280. The minimum Gasteiger partial charge on any atom is -0.309 e. The number of carbonyl (C=O) groups is 1. The van der Waals surface area contributed by atoms with Gasteiger partial charge in [0, 0.05) is 25.6 Å². The lowest BCUT2D eigenvalue weighted by Gasteiger charge is -2.32. The number of sulfonamides is 1. The lowest BCUT2D eigenvalue weighted by molar-refractivity contribution is -0.123. The Kier molecular flexibility index (Phi) is 8.50. The second-order valence-corrected chi connectivity index (χ2v) is 13.9. The minimum absolute atomic E-state index is 0.0368. The number of nitrogens with zero attached hydrogens (tertiary/aromatic N) is 4. The molecule has 0 radical (unpaired) electrons. The molecule has 7 nitrogen and oxygen atoms in total. The van der Waals surface area contributed by atoms with Crippen molar-refractivity contribution < 1.29 is 13.2 Å². The molecule has 4 rings (SSSR count). The first kappa shape index (κ1) is 26.5. The number of aryl methyl sites for hydroxylation is 1. The smallest absolute Gasteiger partial charge is 0.252 e. The fourth-order valence-electron chi connectivity index (χ4n) is 4.26. The van der Waals surface area contributed by atoms with Crippen LogP contribution in [0.3, 0.4) is 0 Å². The van der Waals surface area contributed by atoms with Crippen molar-refractivity contribution in [2.75, 3.05) is 45.2 Å². The van der Waals surface area contributed by atoms with Gasteiger partial charge in [0.2, 0.25) is 5.91 Å². The van der Waals surface area contributed by atoms with Gasteiger partial charge in [0.25, 0.3) is 10.0 Å². The number of piperidine rings is 1. The second-order valence-electron chi connectivity index (χ2n) is 9.04. The zero-order valence-electron chi connectivity index (χ0n) is 20.2. The highest BCUT2D eigenvalue weighted by molar-refractivity contribution is 7.91. The summed E-state index contributed by atoms with van der Waals surface area (Å²) in [5.41, 5.74) is 2.15. The van der Waals surface area contributed by atoms with Gasteiger partial charge in [0.1, 0.15) is 4.21 Å². The lowest BCUT2D eigenvalue weighted by atomic mass is 9.96. The third-order valence-electron chi connectivity index (χ3n) is 6.28. The van der Waals surface area contributed by atoms with Gasteiger partial charge >= 0.3 is 0 Å². The summed E-state index contributed by atoms with van der Waals surface area (Å²) in [6.45, 7) is 4.22. The number of rotatable bonds is 9. The highest BCUT2D eigenvalue weighted by Gasteiger charge is 2.35. The topological polar surface area (TPSA) is 73.8 Å².